The van der Waals surface area contributed by atoms with Crippen LogP contribution in [0, 0.1) is 0 Å². The number of rotatable bonds is 8. The van der Waals surface area contributed by atoms with Crippen LogP contribution in [-0.4, -0.2) is 45.1 Å². The molecule has 1 aromatic rings. The van der Waals surface area contributed by atoms with E-state index in [-0.39, 0.29) is 12.5 Å². The molecule has 0 heterocycles. The van der Waals surface area contributed by atoms with Crippen LogP contribution >= 0.6 is 15.9 Å². The molecule has 0 unspecified atom stereocenters. The average molecular weight is 391 g/mol. The molecule has 5 nitrogen and oxygen atoms in total. The smallest absolute Gasteiger partial charge is 0.243 e. The molecule has 0 aliphatic heterocycles. The van der Waals surface area contributed by atoms with E-state index < -0.39 is 10.0 Å². The van der Waals surface area contributed by atoms with Crippen LogP contribution in [0.2, 0.25) is 0 Å². The van der Waals surface area contributed by atoms with Crippen molar-refractivity contribution < 1.29 is 13.2 Å². The molecular formula is C15H23BrN2O3S. The van der Waals surface area contributed by atoms with Crippen LogP contribution in [0.15, 0.2) is 28.7 Å². The maximum atomic E-state index is 12.4. The minimum absolute atomic E-state index is 0.171. The van der Waals surface area contributed by atoms with Gasteiger partial charge in [-0.25, -0.2) is 8.42 Å². The molecule has 0 atom stereocenters. The summed E-state index contributed by atoms with van der Waals surface area (Å²) < 4.78 is 26.0. The zero-order valence-corrected chi connectivity index (χ0v) is 15.7. The first-order valence-electron chi connectivity index (χ1n) is 7.30. The van der Waals surface area contributed by atoms with Gasteiger partial charge in [-0.2, -0.15) is 0 Å². The van der Waals surface area contributed by atoms with Gasteiger partial charge in [0.05, 0.1) is 11.9 Å². The quantitative estimate of drug-likeness (QED) is 0.685. The Morgan fingerprint density at radius 1 is 1.18 bits per heavy atom. The van der Waals surface area contributed by atoms with Gasteiger partial charge >= 0.3 is 0 Å². The van der Waals surface area contributed by atoms with E-state index in [2.05, 4.69) is 15.9 Å². The van der Waals surface area contributed by atoms with Crippen molar-refractivity contribution in [3.05, 3.63) is 28.7 Å². The minimum atomic E-state index is -3.53. The maximum Gasteiger partial charge on any atom is 0.243 e. The van der Waals surface area contributed by atoms with E-state index in [9.17, 15) is 13.2 Å². The Morgan fingerprint density at radius 3 is 2.23 bits per heavy atom. The van der Waals surface area contributed by atoms with Crippen LogP contribution in [0.4, 0.5) is 5.69 Å². The first-order chi connectivity index (χ1) is 10.3. The Bertz CT molecular complexity index is 599. The Kier molecular flexibility index (Phi) is 7.35. The number of carbonyl (C=O) groups excluding carboxylic acids is 1. The summed E-state index contributed by atoms with van der Waals surface area (Å²) in [5.41, 5.74) is 0.484. The lowest BCUT2D eigenvalue weighted by Gasteiger charge is -2.27. The highest BCUT2D eigenvalue weighted by Crippen LogP contribution is 2.22. The van der Waals surface area contributed by atoms with Gasteiger partial charge in [-0.05, 0) is 31.0 Å². The number of hydrogen-bond acceptors (Lipinski definition) is 3. The largest absolute Gasteiger partial charge is 0.341 e. The van der Waals surface area contributed by atoms with Gasteiger partial charge in [-0.3, -0.25) is 9.10 Å². The standard InChI is InChI=1S/C15H23BrN2O3S/c1-4-9-17(10-5-2)15(19)12-18(22(3,20)21)14-8-6-7-13(16)11-14/h6-8,11H,4-5,9-10,12H2,1-3H3. The van der Waals surface area contributed by atoms with Crippen LogP contribution < -0.4 is 4.31 Å². The van der Waals surface area contributed by atoms with Crippen LogP contribution in [0.1, 0.15) is 26.7 Å². The van der Waals surface area contributed by atoms with Crippen molar-refractivity contribution in [2.45, 2.75) is 26.7 Å². The highest BCUT2D eigenvalue weighted by Gasteiger charge is 2.23. The zero-order chi connectivity index (χ0) is 16.8. The normalized spacial score (nSPS) is 11.3. The first-order valence-corrected chi connectivity index (χ1v) is 9.94. The third-order valence-corrected chi connectivity index (χ3v) is 4.75. The molecule has 1 rings (SSSR count). The van der Waals surface area contributed by atoms with Gasteiger partial charge in [-0.1, -0.05) is 35.8 Å². The van der Waals surface area contributed by atoms with E-state index in [0.717, 1.165) is 27.9 Å². The molecule has 0 aliphatic carbocycles. The molecule has 0 fully saturated rings. The lowest BCUT2D eigenvalue weighted by molar-refractivity contribution is -0.129. The van der Waals surface area contributed by atoms with Gasteiger partial charge in [0.1, 0.15) is 6.54 Å². The monoisotopic (exact) mass is 390 g/mol. The van der Waals surface area contributed by atoms with E-state index in [1.54, 1.807) is 23.1 Å². The minimum Gasteiger partial charge on any atom is -0.341 e. The second-order valence-electron chi connectivity index (χ2n) is 5.13. The topological polar surface area (TPSA) is 57.7 Å². The summed E-state index contributed by atoms with van der Waals surface area (Å²) in [5.74, 6) is -0.172. The highest BCUT2D eigenvalue weighted by atomic mass is 79.9. The van der Waals surface area contributed by atoms with Crippen molar-refractivity contribution >= 4 is 37.5 Å². The lowest BCUT2D eigenvalue weighted by Crippen LogP contribution is -2.43. The number of sulfonamides is 1. The molecule has 0 N–H and O–H groups in total. The molecule has 22 heavy (non-hydrogen) atoms. The average Bonchev–Trinajstić information content (AvgIpc) is 2.43. The third-order valence-electron chi connectivity index (χ3n) is 3.12. The molecule has 0 bridgehead atoms. The highest BCUT2D eigenvalue weighted by molar-refractivity contribution is 9.10. The van der Waals surface area contributed by atoms with E-state index in [1.807, 2.05) is 19.9 Å². The molecule has 0 aliphatic rings. The molecule has 0 aromatic heterocycles. The molecule has 1 aromatic carbocycles. The number of anilines is 1. The molecule has 0 saturated carbocycles. The molecule has 1 amide bonds. The van der Waals surface area contributed by atoms with Gasteiger partial charge < -0.3 is 4.90 Å². The fourth-order valence-corrected chi connectivity index (χ4v) is 3.38. The number of halogens is 1. The van der Waals surface area contributed by atoms with E-state index in [1.165, 1.54) is 0 Å². The summed E-state index contributed by atoms with van der Waals surface area (Å²) in [6, 6.07) is 6.94. The second kappa shape index (κ2) is 8.53. The number of amides is 1. The van der Waals surface area contributed by atoms with Gasteiger partial charge in [0.2, 0.25) is 15.9 Å². The number of benzene rings is 1. The van der Waals surface area contributed by atoms with Crippen molar-refractivity contribution in [1.29, 1.82) is 0 Å². The zero-order valence-electron chi connectivity index (χ0n) is 13.3. The lowest BCUT2D eigenvalue weighted by atomic mass is 10.3. The van der Waals surface area contributed by atoms with Crippen LogP contribution in [0.3, 0.4) is 0 Å². The SMILES string of the molecule is CCCN(CCC)C(=O)CN(c1cccc(Br)c1)S(C)(=O)=O. The predicted octanol–water partition coefficient (Wildman–Crippen LogP) is 2.86. The molecule has 0 radical (unpaired) electrons. The first kappa shape index (κ1) is 19.0. The maximum absolute atomic E-state index is 12.4. The Balaban J connectivity index is 3.02. The van der Waals surface area contributed by atoms with Crippen molar-refractivity contribution in [1.82, 2.24) is 4.90 Å². The summed E-state index contributed by atoms with van der Waals surface area (Å²) in [7, 11) is -3.53. The van der Waals surface area contributed by atoms with Gasteiger partial charge in [0.25, 0.3) is 0 Å². The van der Waals surface area contributed by atoms with Crippen LogP contribution in [-0.2, 0) is 14.8 Å². The summed E-state index contributed by atoms with van der Waals surface area (Å²) in [6.07, 6.45) is 2.81. The van der Waals surface area contributed by atoms with Crippen LogP contribution in [0.5, 0.6) is 0 Å². The second-order valence-corrected chi connectivity index (χ2v) is 7.95. The summed E-state index contributed by atoms with van der Waals surface area (Å²) >= 11 is 3.33. The predicted molar refractivity (Wildman–Crippen MR) is 93.5 cm³/mol. The van der Waals surface area contributed by atoms with E-state index >= 15 is 0 Å². The van der Waals surface area contributed by atoms with E-state index in [0.29, 0.717) is 18.8 Å². The van der Waals surface area contributed by atoms with Gasteiger partial charge in [0.15, 0.2) is 0 Å². The summed E-state index contributed by atoms with van der Waals surface area (Å²) in [4.78, 5) is 14.2. The van der Waals surface area contributed by atoms with E-state index in [4.69, 9.17) is 0 Å². The molecule has 0 saturated heterocycles. The Morgan fingerprint density at radius 2 is 1.77 bits per heavy atom. The van der Waals surface area contributed by atoms with Crippen molar-refractivity contribution in [3.63, 3.8) is 0 Å². The van der Waals surface area contributed by atoms with Crippen molar-refractivity contribution in [2.75, 3.05) is 30.2 Å². The van der Waals surface area contributed by atoms with Gasteiger partial charge in [-0.15, -0.1) is 0 Å². The fraction of sp³-hybridized carbons (Fsp3) is 0.533. The Labute approximate surface area is 141 Å². The molecular weight excluding hydrogens is 368 g/mol. The molecule has 7 heteroatoms. The van der Waals surface area contributed by atoms with Gasteiger partial charge in [0, 0.05) is 17.6 Å². The Hall–Kier alpha value is -1.08. The van der Waals surface area contributed by atoms with Crippen molar-refractivity contribution in [3.8, 4) is 0 Å². The fourth-order valence-electron chi connectivity index (χ4n) is 2.16. The van der Waals surface area contributed by atoms with Crippen molar-refractivity contribution in [2.24, 2.45) is 0 Å². The molecule has 124 valence electrons. The number of hydrogen-bond donors (Lipinski definition) is 0. The number of nitrogens with zero attached hydrogens (tertiary/aromatic N) is 2. The molecule has 0 spiro atoms. The summed E-state index contributed by atoms with van der Waals surface area (Å²) in [5, 5.41) is 0. The number of carbonyl (C=O) groups is 1. The van der Waals surface area contributed by atoms with Crippen LogP contribution in [0.25, 0.3) is 0 Å². The summed E-state index contributed by atoms with van der Waals surface area (Å²) in [6.45, 7) is 5.11. The third kappa shape index (κ3) is 5.61.